The van der Waals surface area contributed by atoms with Crippen molar-refractivity contribution in [1.29, 1.82) is 0 Å². The number of amides is 5. The van der Waals surface area contributed by atoms with E-state index in [2.05, 4.69) is 26.0 Å². The molecule has 18 heteroatoms. The molecule has 3 atom stereocenters. The smallest absolute Gasteiger partial charge is 0.312 e. The van der Waals surface area contributed by atoms with E-state index in [1.165, 1.54) is 11.9 Å². The third-order valence-electron chi connectivity index (χ3n) is 8.01. The van der Waals surface area contributed by atoms with Crippen molar-refractivity contribution >= 4 is 35.3 Å². The second kappa shape index (κ2) is 27.0. The maximum atomic E-state index is 13.4. The normalized spacial score (nSPS) is 15.2. The minimum Gasteiger partial charge on any atom is -0.379 e. The molecule has 1 heterocycles. The van der Waals surface area contributed by atoms with E-state index < -0.39 is 29.9 Å². The highest BCUT2D eigenvalue weighted by atomic mass is 16.6. The molecule has 18 nitrogen and oxygen atoms in total. The third kappa shape index (κ3) is 19.4. The van der Waals surface area contributed by atoms with Crippen molar-refractivity contribution in [3.05, 3.63) is 10.4 Å². The average molecular weight is 713 g/mol. The van der Waals surface area contributed by atoms with Gasteiger partial charge in [0.2, 0.25) is 17.7 Å². The Labute approximate surface area is 293 Å². The van der Waals surface area contributed by atoms with Gasteiger partial charge in [0.25, 0.3) is 0 Å². The van der Waals surface area contributed by atoms with Gasteiger partial charge in [-0.1, -0.05) is 19.0 Å². The first-order valence-electron chi connectivity index (χ1n) is 17.2. The number of likely N-dealkylation sites (tertiary alicyclic amines) is 1. The molecule has 284 valence electrons. The number of carbonyl (C=O) groups excluding carboxylic acids is 6. The Kier molecular flexibility index (Phi) is 23.8. The van der Waals surface area contributed by atoms with Gasteiger partial charge < -0.3 is 45.5 Å². The molecule has 0 aromatic carbocycles. The Hall–Kier alpha value is -3.83. The average Bonchev–Trinajstić information content (AvgIpc) is 3.58. The van der Waals surface area contributed by atoms with Crippen molar-refractivity contribution in [1.82, 2.24) is 20.9 Å². The van der Waals surface area contributed by atoms with Gasteiger partial charge in [-0.2, -0.15) is 0 Å². The Balaban J connectivity index is 2.51. The van der Waals surface area contributed by atoms with Crippen LogP contribution in [-0.2, 0) is 42.9 Å². The molecule has 0 aromatic rings. The molecular weight excluding hydrogens is 656 g/mol. The summed E-state index contributed by atoms with van der Waals surface area (Å²) < 4.78 is 21.5. The van der Waals surface area contributed by atoms with Crippen LogP contribution in [0, 0.1) is 11.8 Å². The predicted octanol–water partition coefficient (Wildman–Crippen LogP) is 1.00. The third-order valence-corrected chi connectivity index (χ3v) is 8.01. The second-order valence-corrected chi connectivity index (χ2v) is 12.1. The second-order valence-electron chi connectivity index (χ2n) is 12.1. The van der Waals surface area contributed by atoms with E-state index in [1.807, 2.05) is 13.8 Å². The topological polar surface area (TPSA) is 253 Å². The van der Waals surface area contributed by atoms with Crippen LogP contribution in [-0.4, -0.2) is 132 Å². The zero-order valence-corrected chi connectivity index (χ0v) is 29.7. The van der Waals surface area contributed by atoms with Gasteiger partial charge in [-0.05, 0) is 37.1 Å². The molecule has 0 saturated carbocycles. The molecule has 1 rings (SSSR count). The maximum Gasteiger partial charge on any atom is 0.312 e. The summed E-state index contributed by atoms with van der Waals surface area (Å²) in [5.41, 5.74) is 13.3. The monoisotopic (exact) mass is 712 g/mol. The summed E-state index contributed by atoms with van der Waals surface area (Å²) in [7, 11) is 1.51. The van der Waals surface area contributed by atoms with Crippen molar-refractivity contribution < 1.29 is 47.7 Å². The molecule has 1 aliphatic rings. The summed E-state index contributed by atoms with van der Waals surface area (Å²) in [4.78, 5) is 79.7. The minimum absolute atomic E-state index is 0.0333. The number of hydrogen-bond donors (Lipinski definition) is 4. The zero-order valence-electron chi connectivity index (χ0n) is 29.7. The maximum absolute atomic E-state index is 13.4. The highest BCUT2D eigenvalue weighted by molar-refractivity contribution is 5.94. The molecule has 0 aromatic heterocycles. The Morgan fingerprint density at radius 3 is 2.12 bits per heavy atom. The SMILES string of the molecule is CNC(=O)[C@@H]1CCCN1C(=O)CCC(=O)[C@H](CCCNC(N)=O)NC(=O)C(CC(=O)CCOCCOCCOCCOCCN=[N+]=[N-])C(C)C. The highest BCUT2D eigenvalue weighted by Crippen LogP contribution is 2.20. The lowest BCUT2D eigenvalue weighted by atomic mass is 9.88. The number of Topliss-reactive ketones (excluding diaryl/α,β-unsaturated/α-hetero) is 2. The number of primary amides is 1. The van der Waals surface area contributed by atoms with E-state index in [9.17, 15) is 28.8 Å². The summed E-state index contributed by atoms with van der Waals surface area (Å²) in [6.45, 7) is 7.16. The van der Waals surface area contributed by atoms with Crippen LogP contribution in [0.25, 0.3) is 10.4 Å². The Bertz CT molecular complexity index is 1120. The predicted molar refractivity (Wildman–Crippen MR) is 182 cm³/mol. The van der Waals surface area contributed by atoms with Crippen molar-refractivity contribution in [3.8, 4) is 0 Å². The molecule has 5 amide bonds. The fraction of sp³-hybridized carbons (Fsp3) is 0.812. The zero-order chi connectivity index (χ0) is 37.1. The molecule has 5 N–H and O–H groups in total. The summed E-state index contributed by atoms with van der Waals surface area (Å²) in [6, 6.07) is -2.21. The van der Waals surface area contributed by atoms with Gasteiger partial charge in [-0.25, -0.2) is 4.79 Å². The number of nitrogens with zero attached hydrogens (tertiary/aromatic N) is 4. The molecule has 0 bridgehead atoms. The lowest BCUT2D eigenvalue weighted by Gasteiger charge is -2.25. The van der Waals surface area contributed by atoms with E-state index in [0.29, 0.717) is 65.4 Å². The van der Waals surface area contributed by atoms with Gasteiger partial charge in [0.15, 0.2) is 5.78 Å². The van der Waals surface area contributed by atoms with Crippen molar-refractivity contribution in [2.45, 2.75) is 77.3 Å². The van der Waals surface area contributed by atoms with Gasteiger partial charge >= 0.3 is 6.03 Å². The number of hydrogen-bond acceptors (Lipinski definition) is 11. The van der Waals surface area contributed by atoms with E-state index in [1.54, 1.807) is 0 Å². The summed E-state index contributed by atoms with van der Waals surface area (Å²) in [5.74, 6) is -2.42. The van der Waals surface area contributed by atoms with Crippen LogP contribution in [0.3, 0.4) is 0 Å². The molecule has 1 aliphatic heterocycles. The molecule has 0 spiro atoms. The van der Waals surface area contributed by atoms with E-state index in [-0.39, 0.29) is 87.7 Å². The van der Waals surface area contributed by atoms with E-state index in [4.69, 9.17) is 30.2 Å². The van der Waals surface area contributed by atoms with Gasteiger partial charge in [0, 0.05) is 63.2 Å². The minimum atomic E-state index is -0.938. The molecule has 1 unspecified atom stereocenters. The van der Waals surface area contributed by atoms with Gasteiger partial charge in [-0.15, -0.1) is 0 Å². The molecule has 1 saturated heterocycles. The van der Waals surface area contributed by atoms with E-state index >= 15 is 0 Å². The Morgan fingerprint density at radius 2 is 1.54 bits per heavy atom. The van der Waals surface area contributed by atoms with Crippen LogP contribution in [0.1, 0.15) is 65.2 Å². The lowest BCUT2D eigenvalue weighted by Crippen LogP contribution is -2.47. The number of azide groups is 1. The number of urea groups is 1. The molecule has 1 fully saturated rings. The number of ketones is 2. The van der Waals surface area contributed by atoms with Gasteiger partial charge in [-0.3, -0.25) is 24.0 Å². The number of carbonyl (C=O) groups is 6. The summed E-state index contributed by atoms with van der Waals surface area (Å²) >= 11 is 0. The number of nitrogens with two attached hydrogens (primary N) is 1. The fourth-order valence-corrected chi connectivity index (χ4v) is 5.24. The highest BCUT2D eigenvalue weighted by Gasteiger charge is 2.34. The van der Waals surface area contributed by atoms with Crippen LogP contribution in [0.5, 0.6) is 0 Å². The standard InChI is InChI=1S/C32H56N8O10/c1-23(2)25(22-24(41)10-14-47-16-18-49-20-21-50-19-17-48-15-12-37-39-34)30(44)38-26(6-4-11-36-32(33)46)28(42)8-9-29(43)40-13-5-7-27(40)31(45)35-3/h23,25-27H,4-22H2,1-3H3,(H,35,45)(H,38,44)(H3,33,36,46)/t25?,26-,27-/m0/s1. The van der Waals surface area contributed by atoms with Crippen LogP contribution >= 0.6 is 0 Å². The van der Waals surface area contributed by atoms with E-state index in [0.717, 1.165) is 0 Å². The van der Waals surface area contributed by atoms with Crippen LogP contribution in [0.4, 0.5) is 4.79 Å². The van der Waals surface area contributed by atoms with Crippen molar-refractivity contribution in [3.63, 3.8) is 0 Å². The molecular formula is C32H56N8O10. The quantitative estimate of drug-likeness (QED) is 0.0370. The first-order chi connectivity index (χ1) is 24.0. The van der Waals surface area contributed by atoms with Crippen molar-refractivity contribution in [2.75, 3.05) is 79.5 Å². The number of likely N-dealkylation sites (N-methyl/N-ethyl adjacent to an activating group) is 1. The number of rotatable bonds is 29. The molecule has 0 aliphatic carbocycles. The number of ether oxygens (including phenoxy) is 4. The Morgan fingerprint density at radius 1 is 0.920 bits per heavy atom. The molecule has 50 heavy (non-hydrogen) atoms. The van der Waals surface area contributed by atoms with Gasteiger partial charge in [0.05, 0.1) is 58.9 Å². The first kappa shape index (κ1) is 44.2. The largest absolute Gasteiger partial charge is 0.379 e. The lowest BCUT2D eigenvalue weighted by molar-refractivity contribution is -0.139. The van der Waals surface area contributed by atoms with Crippen LogP contribution in [0.15, 0.2) is 5.11 Å². The first-order valence-corrected chi connectivity index (χ1v) is 17.2. The number of nitrogens with one attached hydrogen (secondary N) is 3. The van der Waals surface area contributed by atoms with Gasteiger partial charge in [0.1, 0.15) is 11.8 Å². The van der Waals surface area contributed by atoms with Crippen molar-refractivity contribution in [2.24, 2.45) is 22.7 Å². The van der Waals surface area contributed by atoms with Crippen LogP contribution < -0.4 is 21.7 Å². The summed E-state index contributed by atoms with van der Waals surface area (Å²) in [6.07, 6.45) is 1.60. The summed E-state index contributed by atoms with van der Waals surface area (Å²) in [5, 5.41) is 11.2. The van der Waals surface area contributed by atoms with Crippen LogP contribution in [0.2, 0.25) is 0 Å². The molecule has 0 radical (unpaired) electrons. The fourth-order valence-electron chi connectivity index (χ4n) is 5.24.